The maximum Gasteiger partial charge on any atom is 0.422 e. The van der Waals surface area contributed by atoms with Crippen LogP contribution in [0.1, 0.15) is 11.1 Å². The monoisotopic (exact) mass is 568 g/mol. The molecule has 33 heavy (non-hydrogen) atoms. The van der Waals surface area contributed by atoms with Gasteiger partial charge in [-0.05, 0) is 27.6 Å². The van der Waals surface area contributed by atoms with Crippen LogP contribution in [0.25, 0.3) is 0 Å². The van der Waals surface area contributed by atoms with Gasteiger partial charge >= 0.3 is 6.18 Å². The van der Waals surface area contributed by atoms with E-state index in [4.69, 9.17) is 37.5 Å². The maximum atomic E-state index is 12.5. The SMILES string of the molecule is CNC(=O)/C(=N/OC)c1ccccc1COc1cc(Cl)c(OCC=C(Br)C(F)(F)F)c(Cl)c1. The van der Waals surface area contributed by atoms with Crippen LogP contribution in [0.15, 0.2) is 52.1 Å². The Balaban J connectivity index is 2.18. The molecule has 1 amide bonds. The molecule has 0 saturated heterocycles. The van der Waals surface area contributed by atoms with E-state index in [1.54, 1.807) is 24.3 Å². The number of nitrogens with zero attached hydrogens (tertiary/aromatic N) is 1. The molecular formula is C21H18BrCl2F3N2O4. The number of benzene rings is 2. The van der Waals surface area contributed by atoms with E-state index in [0.29, 0.717) is 11.1 Å². The number of rotatable bonds is 9. The third-order valence-corrected chi connectivity index (χ3v) is 5.36. The average Bonchev–Trinajstić information content (AvgIpc) is 2.76. The van der Waals surface area contributed by atoms with Crippen molar-refractivity contribution in [2.24, 2.45) is 5.16 Å². The molecule has 0 aliphatic carbocycles. The van der Waals surface area contributed by atoms with Gasteiger partial charge in [0.1, 0.15) is 26.1 Å². The number of carbonyl (C=O) groups excluding carboxylic acids is 1. The van der Waals surface area contributed by atoms with E-state index in [0.717, 1.165) is 6.08 Å². The zero-order chi connectivity index (χ0) is 24.6. The number of likely N-dealkylation sites (N-methyl/N-ethyl adjacent to an activating group) is 1. The van der Waals surface area contributed by atoms with Gasteiger partial charge in [-0.3, -0.25) is 4.79 Å². The summed E-state index contributed by atoms with van der Waals surface area (Å²) < 4.78 is 47.6. The third-order valence-electron chi connectivity index (χ3n) is 4.02. The first-order valence-electron chi connectivity index (χ1n) is 9.17. The lowest BCUT2D eigenvalue weighted by molar-refractivity contribution is -0.114. The van der Waals surface area contributed by atoms with Crippen molar-refractivity contribution in [2.75, 3.05) is 20.8 Å². The van der Waals surface area contributed by atoms with Crippen molar-refractivity contribution < 1.29 is 32.3 Å². The molecule has 0 unspecified atom stereocenters. The standard InChI is InChI=1S/C21H18BrCl2F3N2O4/c1-28-20(30)18(29-31-2)14-6-4-3-5-12(14)11-33-13-9-15(23)19(16(24)10-13)32-8-7-17(22)21(25,26)27/h3-7,9-10H,8,11H2,1-2H3,(H,28,30)/b17-7?,29-18+. The summed E-state index contributed by atoms with van der Waals surface area (Å²) in [5.74, 6) is -0.147. The fourth-order valence-corrected chi connectivity index (χ4v) is 3.24. The normalized spacial score (nSPS) is 12.4. The van der Waals surface area contributed by atoms with Gasteiger partial charge in [0.05, 0.1) is 14.5 Å². The highest BCUT2D eigenvalue weighted by atomic mass is 79.9. The average molecular weight is 570 g/mol. The molecule has 0 heterocycles. The third kappa shape index (κ3) is 7.55. The molecule has 1 N–H and O–H groups in total. The number of amides is 1. The summed E-state index contributed by atoms with van der Waals surface area (Å²) in [6.45, 7) is -0.377. The van der Waals surface area contributed by atoms with E-state index in [9.17, 15) is 18.0 Å². The molecule has 0 spiro atoms. The first kappa shape index (κ1) is 26.8. The fraction of sp³-hybridized carbons (Fsp3) is 0.238. The minimum absolute atomic E-state index is 0.0129. The van der Waals surface area contributed by atoms with Crippen LogP contribution in [-0.2, 0) is 16.2 Å². The topological polar surface area (TPSA) is 69.2 Å². The molecule has 6 nitrogen and oxygen atoms in total. The van der Waals surface area contributed by atoms with Gasteiger partial charge in [-0.2, -0.15) is 13.2 Å². The van der Waals surface area contributed by atoms with E-state index >= 15 is 0 Å². The summed E-state index contributed by atoms with van der Waals surface area (Å²) in [7, 11) is 2.80. The molecule has 2 aromatic carbocycles. The fourth-order valence-electron chi connectivity index (χ4n) is 2.53. The minimum Gasteiger partial charge on any atom is -0.489 e. The molecule has 0 bridgehead atoms. The molecule has 0 aromatic heterocycles. The molecule has 2 aromatic rings. The number of allylic oxidation sites excluding steroid dienone is 1. The van der Waals surface area contributed by atoms with Crippen molar-refractivity contribution in [1.82, 2.24) is 5.32 Å². The van der Waals surface area contributed by atoms with Gasteiger partial charge in [-0.15, -0.1) is 0 Å². The van der Waals surface area contributed by atoms with Crippen LogP contribution < -0.4 is 14.8 Å². The number of carbonyl (C=O) groups is 1. The summed E-state index contributed by atoms with van der Waals surface area (Å²) in [4.78, 5) is 16.9. The maximum absolute atomic E-state index is 12.5. The number of alkyl halides is 3. The first-order chi connectivity index (χ1) is 15.6. The van der Waals surface area contributed by atoms with Crippen molar-refractivity contribution in [3.05, 3.63) is 68.1 Å². The molecule has 178 valence electrons. The Morgan fingerprint density at radius 2 is 1.82 bits per heavy atom. The summed E-state index contributed by atoms with van der Waals surface area (Å²) in [5.41, 5.74) is 1.20. The van der Waals surface area contributed by atoms with Crippen LogP contribution in [0.3, 0.4) is 0 Å². The summed E-state index contributed by atoms with van der Waals surface area (Å²) >= 11 is 14.8. The number of nitrogens with one attached hydrogen (secondary N) is 1. The van der Waals surface area contributed by atoms with Crippen molar-refractivity contribution in [3.63, 3.8) is 0 Å². The zero-order valence-electron chi connectivity index (χ0n) is 17.3. The summed E-state index contributed by atoms with van der Waals surface area (Å²) in [5, 5.41) is 6.38. The Kier molecular flexibility index (Phi) is 9.87. The second kappa shape index (κ2) is 12.2. The number of halogens is 6. The lowest BCUT2D eigenvalue weighted by atomic mass is 10.0. The highest BCUT2D eigenvalue weighted by Gasteiger charge is 2.31. The van der Waals surface area contributed by atoms with Gasteiger partial charge in [-0.1, -0.05) is 52.6 Å². The lowest BCUT2D eigenvalue weighted by Gasteiger charge is -2.14. The number of oxime groups is 1. The Bertz CT molecular complexity index is 1040. The first-order valence-corrected chi connectivity index (χ1v) is 10.7. The predicted octanol–water partition coefficient (Wildman–Crippen LogP) is 5.89. The van der Waals surface area contributed by atoms with Crippen molar-refractivity contribution in [1.29, 1.82) is 0 Å². The quantitative estimate of drug-likeness (QED) is 0.302. The molecule has 12 heteroatoms. The van der Waals surface area contributed by atoms with Crippen molar-refractivity contribution in [2.45, 2.75) is 12.8 Å². The Hall–Kier alpha value is -2.43. The molecule has 0 radical (unpaired) electrons. The molecule has 0 saturated carbocycles. The van der Waals surface area contributed by atoms with Crippen LogP contribution in [-0.4, -0.2) is 38.6 Å². The molecule has 0 atom stereocenters. The summed E-state index contributed by atoms with van der Waals surface area (Å²) in [6, 6.07) is 9.76. The van der Waals surface area contributed by atoms with E-state index in [1.807, 2.05) is 0 Å². The van der Waals surface area contributed by atoms with Crippen LogP contribution in [0.5, 0.6) is 11.5 Å². The largest absolute Gasteiger partial charge is 0.489 e. The highest BCUT2D eigenvalue weighted by molar-refractivity contribution is 9.11. The molecule has 0 aliphatic rings. The Morgan fingerprint density at radius 3 is 2.39 bits per heavy atom. The Morgan fingerprint density at radius 1 is 1.18 bits per heavy atom. The molecule has 0 fully saturated rings. The van der Waals surface area contributed by atoms with Crippen LogP contribution in [0.4, 0.5) is 13.2 Å². The van der Waals surface area contributed by atoms with Crippen LogP contribution in [0, 0.1) is 0 Å². The summed E-state index contributed by atoms with van der Waals surface area (Å²) in [6.07, 6.45) is -3.71. The van der Waals surface area contributed by atoms with Crippen molar-refractivity contribution >= 4 is 50.8 Å². The van der Waals surface area contributed by atoms with Crippen molar-refractivity contribution in [3.8, 4) is 11.5 Å². The van der Waals surface area contributed by atoms with Gasteiger partial charge in [0.2, 0.25) is 0 Å². The van der Waals surface area contributed by atoms with E-state index in [-0.39, 0.29) is 33.9 Å². The van der Waals surface area contributed by atoms with Gasteiger partial charge < -0.3 is 19.6 Å². The second-order valence-electron chi connectivity index (χ2n) is 6.22. The Labute approximate surface area is 206 Å². The zero-order valence-corrected chi connectivity index (χ0v) is 20.4. The smallest absolute Gasteiger partial charge is 0.422 e. The van der Waals surface area contributed by atoms with Gasteiger partial charge in [0, 0.05) is 24.7 Å². The van der Waals surface area contributed by atoms with E-state index in [2.05, 4.69) is 26.4 Å². The molecular weight excluding hydrogens is 552 g/mol. The molecule has 0 aliphatic heterocycles. The lowest BCUT2D eigenvalue weighted by Crippen LogP contribution is -2.29. The second-order valence-corrected chi connectivity index (χ2v) is 7.89. The molecule has 2 rings (SSSR count). The number of hydrogen-bond donors (Lipinski definition) is 1. The minimum atomic E-state index is -4.52. The van der Waals surface area contributed by atoms with Crippen LogP contribution in [0.2, 0.25) is 10.0 Å². The predicted molar refractivity (Wildman–Crippen MR) is 123 cm³/mol. The van der Waals surface area contributed by atoms with E-state index in [1.165, 1.54) is 26.3 Å². The highest BCUT2D eigenvalue weighted by Crippen LogP contribution is 2.37. The van der Waals surface area contributed by atoms with Gasteiger partial charge in [0.25, 0.3) is 5.91 Å². The number of ether oxygens (including phenoxy) is 2. The van der Waals surface area contributed by atoms with Crippen LogP contribution >= 0.6 is 39.1 Å². The van der Waals surface area contributed by atoms with E-state index < -0.39 is 23.2 Å². The van der Waals surface area contributed by atoms with Gasteiger partial charge in [-0.25, -0.2) is 0 Å². The van der Waals surface area contributed by atoms with Gasteiger partial charge in [0.15, 0.2) is 11.5 Å². The number of hydrogen-bond acceptors (Lipinski definition) is 5.